The molecule has 1 saturated heterocycles. The van der Waals surface area contributed by atoms with Crippen molar-refractivity contribution < 1.29 is 28.7 Å². The van der Waals surface area contributed by atoms with Crippen LogP contribution in [-0.4, -0.2) is 79.1 Å². The summed E-state index contributed by atoms with van der Waals surface area (Å²) >= 11 is 0. The number of amides is 5. The molecule has 2 heterocycles. The molecule has 2 aromatic carbocycles. The van der Waals surface area contributed by atoms with Crippen LogP contribution in [0.5, 0.6) is 0 Å². The van der Waals surface area contributed by atoms with Gasteiger partial charge in [0.25, 0.3) is 11.8 Å². The summed E-state index contributed by atoms with van der Waals surface area (Å²) in [7, 11) is 0. The van der Waals surface area contributed by atoms with Crippen molar-refractivity contribution in [3.05, 3.63) is 95.3 Å². The minimum Gasteiger partial charge on any atom is -0.447 e. The van der Waals surface area contributed by atoms with Crippen molar-refractivity contribution >= 4 is 35.4 Å². The predicted octanol–water partition coefficient (Wildman–Crippen LogP) is 3.13. The van der Waals surface area contributed by atoms with Gasteiger partial charge >= 0.3 is 6.09 Å². The number of pyridine rings is 1. The third-order valence-electron chi connectivity index (χ3n) is 8.37. The third-order valence-corrected chi connectivity index (χ3v) is 8.37. The highest BCUT2D eigenvalue weighted by Crippen LogP contribution is 2.24. The Morgan fingerprint density at radius 2 is 1.58 bits per heavy atom. The lowest BCUT2D eigenvalue weighted by atomic mass is 10.0. The van der Waals surface area contributed by atoms with Gasteiger partial charge in [0.2, 0.25) is 11.8 Å². The van der Waals surface area contributed by atoms with E-state index >= 15 is 0 Å². The number of carbonyl (C=O) groups is 5. The van der Waals surface area contributed by atoms with Crippen molar-refractivity contribution in [1.82, 2.24) is 31.6 Å². The molecule has 1 aliphatic heterocycles. The number of likely N-dealkylation sites (N-methyl/N-ethyl adjacent to an activating group) is 1. The smallest absolute Gasteiger partial charge is 0.414 e. The van der Waals surface area contributed by atoms with Gasteiger partial charge < -0.3 is 31.3 Å². The summed E-state index contributed by atoms with van der Waals surface area (Å²) in [5, 5.41) is 14.8. The Morgan fingerprint density at radius 1 is 0.880 bits per heavy atom. The highest BCUT2D eigenvalue weighted by molar-refractivity contribution is 6.03. The van der Waals surface area contributed by atoms with Crippen LogP contribution in [0.1, 0.15) is 72.5 Å². The zero-order valence-electron chi connectivity index (χ0n) is 29.2. The molecular formula is C37H47N7O6. The molecule has 0 aliphatic carbocycles. The molecule has 5 N–H and O–H groups in total. The van der Waals surface area contributed by atoms with Crippen LogP contribution in [0.15, 0.2) is 73.1 Å². The SMILES string of the molecule is CCNC(=O)[C@@H](NC(=O)[C@H](C)NC[C@H](Cc1ccccc1)NC(=O)c1cc(C(=O)NC(C)c2cccnc2)cc(N2CCOC2=O)c1)C(C)C. The van der Waals surface area contributed by atoms with E-state index in [9.17, 15) is 24.0 Å². The van der Waals surface area contributed by atoms with E-state index in [1.807, 2.05) is 64.1 Å². The summed E-state index contributed by atoms with van der Waals surface area (Å²) < 4.78 is 5.13. The molecule has 4 atom stereocenters. The van der Waals surface area contributed by atoms with Gasteiger partial charge in [0.15, 0.2) is 0 Å². The molecule has 5 amide bonds. The van der Waals surface area contributed by atoms with Crippen LogP contribution < -0.4 is 31.5 Å². The Hall–Kier alpha value is -5.30. The number of rotatable bonds is 16. The Kier molecular flexibility index (Phi) is 13.4. The first kappa shape index (κ1) is 37.5. The van der Waals surface area contributed by atoms with Crippen molar-refractivity contribution in [2.24, 2.45) is 5.92 Å². The van der Waals surface area contributed by atoms with Gasteiger partial charge in [-0.25, -0.2) is 4.79 Å². The lowest BCUT2D eigenvalue weighted by Crippen LogP contribution is -2.55. The highest BCUT2D eigenvalue weighted by atomic mass is 16.6. The zero-order chi connectivity index (χ0) is 36.2. The summed E-state index contributed by atoms with van der Waals surface area (Å²) in [6.45, 7) is 10.2. The van der Waals surface area contributed by atoms with Crippen LogP contribution in [0, 0.1) is 5.92 Å². The average molecular weight is 686 g/mol. The molecule has 0 spiro atoms. The highest BCUT2D eigenvalue weighted by Gasteiger charge is 2.28. The van der Waals surface area contributed by atoms with E-state index in [-0.39, 0.29) is 54.6 Å². The Labute approximate surface area is 292 Å². The summed E-state index contributed by atoms with van der Waals surface area (Å²) in [6, 6.07) is 15.6. The van der Waals surface area contributed by atoms with E-state index < -0.39 is 36.0 Å². The number of anilines is 1. The first-order valence-electron chi connectivity index (χ1n) is 16.9. The number of hydrogen-bond donors (Lipinski definition) is 5. The molecule has 3 aromatic rings. The fourth-order valence-electron chi connectivity index (χ4n) is 5.50. The standard InChI is InChI=1S/C37H47N7O6/c1-6-39-36(48)32(23(2)3)43-33(45)25(5)40-22-30(17-26-11-8-7-9-12-26)42-35(47)29-18-28(19-31(20-29)44-15-16-50-37(44)49)34(46)41-24(4)27-13-10-14-38-21-27/h7-14,18-21,23-25,30,32,40H,6,15-17,22H2,1-5H3,(H,39,48)(H,41,46)(H,42,47)(H,43,45)/t24?,25-,30-,32-/m0/s1. The van der Waals surface area contributed by atoms with Crippen LogP contribution >= 0.6 is 0 Å². The van der Waals surface area contributed by atoms with Gasteiger partial charge in [0, 0.05) is 48.3 Å². The van der Waals surface area contributed by atoms with Crippen LogP contribution in [0.2, 0.25) is 0 Å². The van der Waals surface area contributed by atoms with Crippen LogP contribution in [0.4, 0.5) is 10.5 Å². The molecule has 1 aliphatic rings. The molecule has 0 saturated carbocycles. The molecule has 0 bridgehead atoms. The van der Waals surface area contributed by atoms with E-state index in [0.29, 0.717) is 18.7 Å². The third kappa shape index (κ3) is 10.3. The van der Waals surface area contributed by atoms with Crippen LogP contribution in [0.25, 0.3) is 0 Å². The molecular weight excluding hydrogens is 638 g/mol. The number of cyclic esters (lactones) is 1. The Morgan fingerprint density at radius 3 is 2.18 bits per heavy atom. The van der Waals surface area contributed by atoms with E-state index in [0.717, 1.165) is 11.1 Å². The number of nitrogens with zero attached hydrogens (tertiary/aromatic N) is 2. The van der Waals surface area contributed by atoms with E-state index in [1.165, 1.54) is 11.0 Å². The molecule has 266 valence electrons. The first-order valence-corrected chi connectivity index (χ1v) is 16.9. The van der Waals surface area contributed by atoms with Crippen molar-refractivity contribution in [2.45, 2.75) is 65.2 Å². The number of nitrogens with one attached hydrogen (secondary N) is 5. The second-order valence-corrected chi connectivity index (χ2v) is 12.6. The fraction of sp³-hybridized carbons (Fsp3) is 0.405. The lowest BCUT2D eigenvalue weighted by molar-refractivity contribution is -0.130. The molecule has 4 rings (SSSR count). The lowest BCUT2D eigenvalue weighted by Gasteiger charge is -2.25. The maximum Gasteiger partial charge on any atom is 0.414 e. The van der Waals surface area contributed by atoms with E-state index in [2.05, 4.69) is 31.6 Å². The molecule has 1 unspecified atom stereocenters. The molecule has 1 aromatic heterocycles. The number of benzene rings is 2. The van der Waals surface area contributed by atoms with E-state index in [4.69, 9.17) is 4.74 Å². The van der Waals surface area contributed by atoms with Crippen molar-refractivity contribution in [2.75, 3.05) is 31.1 Å². The second kappa shape index (κ2) is 17.9. The van der Waals surface area contributed by atoms with Crippen molar-refractivity contribution in [1.29, 1.82) is 0 Å². The first-order chi connectivity index (χ1) is 24.0. The summed E-state index contributed by atoms with van der Waals surface area (Å²) in [6.07, 6.45) is 3.18. The maximum atomic E-state index is 13.9. The minimum absolute atomic E-state index is 0.119. The van der Waals surface area contributed by atoms with Crippen molar-refractivity contribution in [3.8, 4) is 0 Å². The van der Waals surface area contributed by atoms with Crippen LogP contribution in [-0.2, 0) is 20.7 Å². The van der Waals surface area contributed by atoms with Gasteiger partial charge in [-0.1, -0.05) is 50.2 Å². The average Bonchev–Trinajstić information content (AvgIpc) is 3.55. The van der Waals surface area contributed by atoms with Gasteiger partial charge in [-0.3, -0.25) is 29.1 Å². The fourth-order valence-corrected chi connectivity index (χ4v) is 5.50. The Bertz CT molecular complexity index is 1640. The predicted molar refractivity (Wildman–Crippen MR) is 190 cm³/mol. The molecule has 13 heteroatoms. The van der Waals surface area contributed by atoms with Gasteiger partial charge in [0.05, 0.1) is 18.6 Å². The normalized spacial score (nSPS) is 15.0. The largest absolute Gasteiger partial charge is 0.447 e. The minimum atomic E-state index is -0.689. The van der Waals surface area contributed by atoms with E-state index in [1.54, 1.807) is 37.5 Å². The number of carbonyl (C=O) groups excluding carboxylic acids is 5. The molecule has 13 nitrogen and oxygen atoms in total. The van der Waals surface area contributed by atoms with Crippen LogP contribution in [0.3, 0.4) is 0 Å². The monoisotopic (exact) mass is 685 g/mol. The molecule has 0 radical (unpaired) electrons. The summed E-state index contributed by atoms with van der Waals surface area (Å²) in [5.41, 5.74) is 2.49. The van der Waals surface area contributed by atoms with Gasteiger partial charge in [-0.15, -0.1) is 0 Å². The topological polar surface area (TPSA) is 171 Å². The molecule has 50 heavy (non-hydrogen) atoms. The second-order valence-electron chi connectivity index (χ2n) is 12.6. The van der Waals surface area contributed by atoms with Gasteiger partial charge in [0.1, 0.15) is 12.6 Å². The van der Waals surface area contributed by atoms with Gasteiger partial charge in [-0.05, 0) is 68.5 Å². The number of ether oxygens (including phenoxy) is 1. The van der Waals surface area contributed by atoms with Gasteiger partial charge in [-0.2, -0.15) is 0 Å². The number of hydrogen-bond acceptors (Lipinski definition) is 8. The summed E-state index contributed by atoms with van der Waals surface area (Å²) in [5.74, 6) is -1.61. The maximum absolute atomic E-state index is 13.9. The van der Waals surface area contributed by atoms with Crippen molar-refractivity contribution in [3.63, 3.8) is 0 Å². The Balaban J connectivity index is 1.54. The molecule has 1 fully saturated rings. The number of aromatic nitrogens is 1. The zero-order valence-corrected chi connectivity index (χ0v) is 29.2. The quantitative estimate of drug-likeness (QED) is 0.153. The summed E-state index contributed by atoms with van der Waals surface area (Å²) in [4.78, 5) is 71.0.